The highest BCUT2D eigenvalue weighted by molar-refractivity contribution is 7.89. The average Bonchev–Trinajstić information content (AvgIpc) is 3.13. The number of fused-ring (bicyclic) bond motifs is 1. The summed E-state index contributed by atoms with van der Waals surface area (Å²) in [6.07, 6.45) is 2.32. The highest BCUT2D eigenvalue weighted by atomic mass is 32.2. The van der Waals surface area contributed by atoms with Crippen molar-refractivity contribution < 1.29 is 21.6 Å². The lowest BCUT2D eigenvalue weighted by molar-refractivity contribution is -0.128. The van der Waals surface area contributed by atoms with Gasteiger partial charge in [0.05, 0.1) is 40.8 Å². The standard InChI is InChI=1S/C17H21N3O5S2/c1-3-4-14-16-15(20(17(14)21)26(2,22)23)9-10-19(16)27(24,25)13-7-5-12(11-18)6-8-13/h5-8,14-16H,3-4,9-10H2,1-2H3/t14-,15+,16-/m1/s1. The molecule has 2 heterocycles. The summed E-state index contributed by atoms with van der Waals surface area (Å²) in [6, 6.07) is 6.14. The Morgan fingerprint density at radius 1 is 1.19 bits per heavy atom. The minimum Gasteiger partial charge on any atom is -0.273 e. The molecule has 2 aliphatic heterocycles. The summed E-state index contributed by atoms with van der Waals surface area (Å²) in [5, 5.41) is 8.88. The van der Waals surface area contributed by atoms with Crippen LogP contribution in [-0.4, -0.2) is 56.2 Å². The summed E-state index contributed by atoms with van der Waals surface area (Å²) in [4.78, 5) is 12.8. The van der Waals surface area contributed by atoms with E-state index in [0.717, 1.165) is 10.6 Å². The molecule has 1 amide bonds. The maximum Gasteiger partial charge on any atom is 0.243 e. The molecule has 0 bridgehead atoms. The van der Waals surface area contributed by atoms with Gasteiger partial charge in [-0.25, -0.2) is 21.1 Å². The normalized spacial score (nSPS) is 26.2. The summed E-state index contributed by atoms with van der Waals surface area (Å²) >= 11 is 0. The van der Waals surface area contributed by atoms with E-state index >= 15 is 0 Å². The number of nitrogens with zero attached hydrogens (tertiary/aromatic N) is 3. The van der Waals surface area contributed by atoms with E-state index in [2.05, 4.69) is 0 Å². The number of rotatable bonds is 5. The number of carbonyl (C=O) groups is 1. The largest absolute Gasteiger partial charge is 0.273 e. The molecular formula is C17H21N3O5S2. The molecule has 0 radical (unpaired) electrons. The van der Waals surface area contributed by atoms with E-state index in [-0.39, 0.29) is 17.9 Å². The van der Waals surface area contributed by atoms with Crippen molar-refractivity contribution in [1.29, 1.82) is 5.26 Å². The summed E-state index contributed by atoms with van der Waals surface area (Å²) in [7, 11) is -7.68. The van der Waals surface area contributed by atoms with E-state index in [9.17, 15) is 21.6 Å². The van der Waals surface area contributed by atoms with Gasteiger partial charge >= 0.3 is 0 Å². The minimum atomic E-state index is -3.91. The molecule has 10 heteroatoms. The molecule has 2 aliphatic rings. The monoisotopic (exact) mass is 411 g/mol. The second kappa shape index (κ2) is 6.89. The van der Waals surface area contributed by atoms with Crippen molar-refractivity contribution in [2.45, 2.75) is 43.2 Å². The van der Waals surface area contributed by atoms with Gasteiger partial charge in [0.1, 0.15) is 0 Å². The number of hydrogen-bond donors (Lipinski definition) is 0. The molecule has 0 unspecified atom stereocenters. The summed E-state index contributed by atoms with van der Waals surface area (Å²) < 4.78 is 52.7. The number of hydrogen-bond acceptors (Lipinski definition) is 6. The third-order valence-electron chi connectivity index (χ3n) is 5.17. The highest BCUT2D eigenvalue weighted by Crippen LogP contribution is 2.42. The second-order valence-corrected chi connectivity index (χ2v) is 10.6. The molecule has 0 aromatic heterocycles. The van der Waals surface area contributed by atoms with Crippen LogP contribution in [0.1, 0.15) is 31.7 Å². The Kier molecular flexibility index (Phi) is 5.05. The van der Waals surface area contributed by atoms with Crippen LogP contribution >= 0.6 is 0 Å². The number of sulfonamides is 2. The van der Waals surface area contributed by atoms with Crippen molar-refractivity contribution in [3.05, 3.63) is 29.8 Å². The molecule has 1 aromatic rings. The zero-order valence-electron chi connectivity index (χ0n) is 15.1. The number of amides is 1. The maximum atomic E-state index is 13.2. The average molecular weight is 412 g/mol. The molecule has 146 valence electrons. The van der Waals surface area contributed by atoms with Gasteiger partial charge in [-0.2, -0.15) is 9.57 Å². The van der Waals surface area contributed by atoms with Crippen LogP contribution in [0.15, 0.2) is 29.2 Å². The second-order valence-electron chi connectivity index (χ2n) is 6.89. The van der Waals surface area contributed by atoms with Gasteiger partial charge in [0.2, 0.25) is 26.0 Å². The van der Waals surface area contributed by atoms with Gasteiger partial charge in [0.25, 0.3) is 0 Å². The fourth-order valence-electron chi connectivity index (χ4n) is 4.10. The van der Waals surface area contributed by atoms with Gasteiger partial charge in [-0.3, -0.25) is 4.79 Å². The Morgan fingerprint density at radius 3 is 2.33 bits per heavy atom. The summed E-state index contributed by atoms with van der Waals surface area (Å²) in [6.45, 7) is 2.02. The molecular weight excluding hydrogens is 390 g/mol. The van der Waals surface area contributed by atoms with Crippen LogP contribution in [0.25, 0.3) is 0 Å². The maximum absolute atomic E-state index is 13.2. The predicted octanol–water partition coefficient (Wildman–Crippen LogP) is 0.908. The molecule has 2 saturated heterocycles. The van der Waals surface area contributed by atoms with Gasteiger partial charge in [0, 0.05) is 6.54 Å². The molecule has 3 atom stereocenters. The smallest absolute Gasteiger partial charge is 0.243 e. The summed E-state index contributed by atoms with van der Waals surface area (Å²) in [5.41, 5.74) is 0.344. The van der Waals surface area contributed by atoms with E-state index in [0.29, 0.717) is 18.4 Å². The lowest BCUT2D eigenvalue weighted by Gasteiger charge is -2.26. The van der Waals surface area contributed by atoms with Gasteiger partial charge < -0.3 is 0 Å². The zero-order valence-corrected chi connectivity index (χ0v) is 16.7. The SMILES string of the molecule is CCC[C@H]1C(=O)N(S(C)(=O)=O)[C@H]2CCN(S(=O)(=O)c3ccc(C#N)cc3)[C@H]12. The molecule has 8 nitrogen and oxygen atoms in total. The minimum absolute atomic E-state index is 0.0302. The van der Waals surface area contributed by atoms with Crippen molar-refractivity contribution in [3.63, 3.8) is 0 Å². The third kappa shape index (κ3) is 3.24. The van der Waals surface area contributed by atoms with Crippen molar-refractivity contribution in [2.75, 3.05) is 12.8 Å². The first-order valence-electron chi connectivity index (χ1n) is 8.68. The van der Waals surface area contributed by atoms with Gasteiger partial charge in [-0.05, 0) is 37.1 Å². The van der Waals surface area contributed by atoms with Crippen molar-refractivity contribution >= 4 is 26.0 Å². The number of benzene rings is 1. The Labute approximate surface area is 159 Å². The van der Waals surface area contributed by atoms with Crippen LogP contribution in [0.5, 0.6) is 0 Å². The van der Waals surface area contributed by atoms with Gasteiger partial charge in [0.15, 0.2) is 0 Å². The molecule has 0 saturated carbocycles. The fraction of sp³-hybridized carbons (Fsp3) is 0.529. The molecule has 0 N–H and O–H groups in total. The van der Waals surface area contributed by atoms with Crippen LogP contribution in [0.4, 0.5) is 0 Å². The molecule has 0 spiro atoms. The first kappa shape index (κ1) is 19.8. The lowest BCUT2D eigenvalue weighted by Crippen LogP contribution is -2.43. The fourth-order valence-corrected chi connectivity index (χ4v) is 6.99. The first-order chi connectivity index (χ1) is 12.6. The molecule has 2 fully saturated rings. The topological polar surface area (TPSA) is 116 Å². The van der Waals surface area contributed by atoms with Crippen LogP contribution < -0.4 is 0 Å². The number of nitriles is 1. The Bertz CT molecular complexity index is 996. The van der Waals surface area contributed by atoms with Crippen LogP contribution in [0.2, 0.25) is 0 Å². The first-order valence-corrected chi connectivity index (χ1v) is 12.0. The Balaban J connectivity index is 2.02. The van der Waals surface area contributed by atoms with Crippen LogP contribution in [0.3, 0.4) is 0 Å². The molecule has 1 aromatic carbocycles. The quantitative estimate of drug-likeness (QED) is 0.711. The molecule has 27 heavy (non-hydrogen) atoms. The van der Waals surface area contributed by atoms with Crippen molar-refractivity contribution in [3.8, 4) is 6.07 Å². The molecule has 0 aliphatic carbocycles. The zero-order chi connectivity index (χ0) is 20.0. The van der Waals surface area contributed by atoms with E-state index in [1.165, 1.54) is 28.6 Å². The summed E-state index contributed by atoms with van der Waals surface area (Å²) in [5.74, 6) is -1.19. The Hall–Kier alpha value is -1.96. The van der Waals surface area contributed by atoms with Gasteiger partial charge in [-0.15, -0.1) is 0 Å². The van der Waals surface area contributed by atoms with E-state index in [1.807, 2.05) is 13.0 Å². The lowest BCUT2D eigenvalue weighted by atomic mass is 9.95. The van der Waals surface area contributed by atoms with Crippen molar-refractivity contribution in [1.82, 2.24) is 8.61 Å². The van der Waals surface area contributed by atoms with Gasteiger partial charge in [-0.1, -0.05) is 13.3 Å². The van der Waals surface area contributed by atoms with Crippen LogP contribution in [0, 0.1) is 17.2 Å². The van der Waals surface area contributed by atoms with Crippen LogP contribution in [-0.2, 0) is 24.8 Å². The van der Waals surface area contributed by atoms with E-state index in [1.54, 1.807) is 0 Å². The Morgan fingerprint density at radius 2 is 1.81 bits per heavy atom. The van der Waals surface area contributed by atoms with E-state index < -0.39 is 44.0 Å². The predicted molar refractivity (Wildman–Crippen MR) is 97.3 cm³/mol. The number of carbonyl (C=O) groups excluding carboxylic acids is 1. The van der Waals surface area contributed by atoms with Crippen molar-refractivity contribution in [2.24, 2.45) is 5.92 Å². The third-order valence-corrected chi connectivity index (χ3v) is 8.24. The van der Waals surface area contributed by atoms with E-state index in [4.69, 9.17) is 5.26 Å². The highest BCUT2D eigenvalue weighted by Gasteiger charge is 2.58. The molecule has 3 rings (SSSR count).